The summed E-state index contributed by atoms with van der Waals surface area (Å²) in [6.07, 6.45) is 3.46. The summed E-state index contributed by atoms with van der Waals surface area (Å²) in [6, 6.07) is 7.96. The molecule has 0 bridgehead atoms. The molecular weight excluding hydrogens is 374 g/mol. The number of hydrogen-bond acceptors (Lipinski definition) is 4. The lowest BCUT2D eigenvalue weighted by molar-refractivity contribution is -0.135. The van der Waals surface area contributed by atoms with Gasteiger partial charge in [0.2, 0.25) is 17.8 Å². The number of amides is 2. The molecule has 2 heterocycles. The van der Waals surface area contributed by atoms with Crippen LogP contribution in [0.15, 0.2) is 41.1 Å². The lowest BCUT2D eigenvalue weighted by Gasteiger charge is -2.26. The Morgan fingerprint density at radius 1 is 1.33 bits per heavy atom. The van der Waals surface area contributed by atoms with E-state index in [0.29, 0.717) is 25.6 Å². The maximum Gasteiger partial charge on any atom is 0.246 e. The van der Waals surface area contributed by atoms with Crippen molar-refractivity contribution in [2.75, 3.05) is 31.5 Å². The Morgan fingerprint density at radius 3 is 2.88 bits per heavy atom. The van der Waals surface area contributed by atoms with E-state index in [1.807, 2.05) is 35.0 Å². The predicted octanol–water partition coefficient (Wildman–Crippen LogP) is 1.06. The molecule has 1 saturated heterocycles. The van der Waals surface area contributed by atoms with Crippen LogP contribution in [0.4, 0.5) is 5.95 Å². The van der Waals surface area contributed by atoms with Gasteiger partial charge in [0.1, 0.15) is 6.54 Å². The van der Waals surface area contributed by atoms with E-state index in [9.17, 15) is 9.59 Å². The van der Waals surface area contributed by atoms with Crippen LogP contribution in [0.5, 0.6) is 0 Å². The molecule has 2 N–H and O–H groups in total. The summed E-state index contributed by atoms with van der Waals surface area (Å²) >= 11 is 3.41. The summed E-state index contributed by atoms with van der Waals surface area (Å²) in [5.41, 5.74) is 1.10. The van der Waals surface area contributed by atoms with Gasteiger partial charge in [0, 0.05) is 30.0 Å². The minimum Gasteiger partial charge on any atom is -0.331 e. The van der Waals surface area contributed by atoms with E-state index < -0.39 is 0 Å². The predicted molar refractivity (Wildman–Crippen MR) is 93.6 cm³/mol. The second kappa shape index (κ2) is 7.59. The molecule has 0 spiro atoms. The van der Waals surface area contributed by atoms with Crippen LogP contribution < -0.4 is 10.6 Å². The van der Waals surface area contributed by atoms with Crippen molar-refractivity contribution in [3.8, 4) is 0 Å². The topological polar surface area (TPSA) is 79.3 Å². The molecule has 0 radical (unpaired) electrons. The van der Waals surface area contributed by atoms with Crippen molar-refractivity contribution in [2.45, 2.75) is 6.54 Å². The minimum absolute atomic E-state index is 0.0473. The molecule has 1 fully saturated rings. The van der Waals surface area contributed by atoms with Crippen LogP contribution in [0.1, 0.15) is 5.56 Å². The van der Waals surface area contributed by atoms with Crippen LogP contribution in [0.2, 0.25) is 0 Å². The fraction of sp³-hybridized carbons (Fsp3) is 0.312. The summed E-state index contributed by atoms with van der Waals surface area (Å²) in [5.74, 6) is 0.175. The Hall–Kier alpha value is -2.19. The maximum atomic E-state index is 12.2. The molecule has 2 amide bonds. The van der Waals surface area contributed by atoms with Crippen LogP contribution in [0.3, 0.4) is 0 Å². The van der Waals surface area contributed by atoms with Crippen LogP contribution >= 0.6 is 15.9 Å². The van der Waals surface area contributed by atoms with Crippen LogP contribution in [0.25, 0.3) is 0 Å². The molecule has 0 unspecified atom stereocenters. The van der Waals surface area contributed by atoms with Crippen molar-refractivity contribution in [1.82, 2.24) is 19.8 Å². The molecule has 24 heavy (non-hydrogen) atoms. The molecular formula is C16H18BrN5O2. The van der Waals surface area contributed by atoms with Crippen molar-refractivity contribution in [2.24, 2.45) is 0 Å². The third-order valence-corrected chi connectivity index (χ3v) is 4.28. The lowest BCUT2D eigenvalue weighted by atomic mass is 10.2. The largest absolute Gasteiger partial charge is 0.331 e. The molecule has 0 atom stereocenters. The number of hydrogen-bond donors (Lipinski definition) is 2. The first kappa shape index (κ1) is 16.7. The van der Waals surface area contributed by atoms with Gasteiger partial charge in [-0.3, -0.25) is 14.9 Å². The van der Waals surface area contributed by atoms with Crippen LogP contribution in [-0.4, -0.2) is 52.4 Å². The van der Waals surface area contributed by atoms with Gasteiger partial charge in [-0.15, -0.1) is 0 Å². The van der Waals surface area contributed by atoms with E-state index in [-0.39, 0.29) is 24.9 Å². The zero-order valence-corrected chi connectivity index (χ0v) is 14.6. The van der Waals surface area contributed by atoms with E-state index in [4.69, 9.17) is 0 Å². The number of anilines is 1. The monoisotopic (exact) mass is 391 g/mol. The number of nitrogens with one attached hydrogen (secondary N) is 2. The zero-order valence-electron chi connectivity index (χ0n) is 13.0. The number of piperazine rings is 1. The number of carbonyl (C=O) groups excluding carboxylic acids is 2. The Kier molecular flexibility index (Phi) is 5.27. The van der Waals surface area contributed by atoms with E-state index >= 15 is 0 Å². The number of carbonyl (C=O) groups is 2. The highest BCUT2D eigenvalue weighted by Gasteiger charge is 2.20. The molecule has 7 nitrogen and oxygen atoms in total. The van der Waals surface area contributed by atoms with Crippen LogP contribution in [0, 0.1) is 0 Å². The molecule has 0 saturated carbocycles. The number of halogens is 1. The molecule has 1 aliphatic rings. The second-order valence-electron chi connectivity index (χ2n) is 5.55. The van der Waals surface area contributed by atoms with Crippen molar-refractivity contribution in [3.63, 3.8) is 0 Å². The Labute approximate surface area is 148 Å². The third-order valence-electron chi connectivity index (χ3n) is 3.75. The molecule has 3 rings (SSSR count). The average molecular weight is 392 g/mol. The van der Waals surface area contributed by atoms with E-state index in [0.717, 1.165) is 10.0 Å². The first-order chi connectivity index (χ1) is 11.6. The van der Waals surface area contributed by atoms with Gasteiger partial charge in [-0.05, 0) is 17.7 Å². The molecule has 0 aliphatic carbocycles. The summed E-state index contributed by atoms with van der Waals surface area (Å²) in [4.78, 5) is 29.7. The first-order valence-electron chi connectivity index (χ1n) is 7.66. The summed E-state index contributed by atoms with van der Waals surface area (Å²) < 4.78 is 2.88. The number of rotatable bonds is 5. The summed E-state index contributed by atoms with van der Waals surface area (Å²) in [5, 5.41) is 5.76. The molecule has 2 aromatic rings. The molecule has 8 heteroatoms. The van der Waals surface area contributed by atoms with E-state index in [2.05, 4.69) is 31.5 Å². The normalized spacial score (nSPS) is 14.7. The van der Waals surface area contributed by atoms with Crippen molar-refractivity contribution in [3.05, 3.63) is 46.7 Å². The van der Waals surface area contributed by atoms with Gasteiger partial charge in [-0.1, -0.05) is 28.1 Å². The minimum atomic E-state index is -0.242. The number of aromatic nitrogens is 2. The smallest absolute Gasteiger partial charge is 0.246 e. The van der Waals surface area contributed by atoms with Crippen molar-refractivity contribution < 1.29 is 9.59 Å². The Morgan fingerprint density at radius 2 is 2.12 bits per heavy atom. The second-order valence-corrected chi connectivity index (χ2v) is 6.46. The number of imidazole rings is 1. The Bertz CT molecular complexity index is 728. The third kappa shape index (κ3) is 4.21. The zero-order chi connectivity index (χ0) is 16.9. The highest BCUT2D eigenvalue weighted by molar-refractivity contribution is 9.10. The highest BCUT2D eigenvalue weighted by Crippen LogP contribution is 2.14. The quantitative estimate of drug-likeness (QED) is 0.798. The molecule has 1 aliphatic heterocycles. The summed E-state index contributed by atoms with van der Waals surface area (Å²) in [6.45, 7) is 2.18. The molecule has 1 aromatic heterocycles. The van der Waals surface area contributed by atoms with Crippen molar-refractivity contribution in [1.29, 1.82) is 0 Å². The fourth-order valence-electron chi connectivity index (χ4n) is 2.50. The first-order valence-corrected chi connectivity index (χ1v) is 8.45. The SMILES string of the molecule is O=C(CN1CCNCC1=O)Nc1nccn1Cc1ccc(Br)cc1. The summed E-state index contributed by atoms with van der Waals surface area (Å²) in [7, 11) is 0. The molecule has 1 aromatic carbocycles. The van der Waals surface area contributed by atoms with Gasteiger partial charge >= 0.3 is 0 Å². The van der Waals surface area contributed by atoms with Gasteiger partial charge in [-0.25, -0.2) is 4.98 Å². The van der Waals surface area contributed by atoms with Crippen molar-refractivity contribution >= 4 is 33.7 Å². The van der Waals surface area contributed by atoms with E-state index in [1.165, 1.54) is 0 Å². The van der Waals surface area contributed by atoms with Gasteiger partial charge in [0.05, 0.1) is 13.1 Å². The van der Waals surface area contributed by atoms with Gasteiger partial charge < -0.3 is 14.8 Å². The maximum absolute atomic E-state index is 12.2. The lowest BCUT2D eigenvalue weighted by Crippen LogP contribution is -2.50. The van der Waals surface area contributed by atoms with E-state index in [1.54, 1.807) is 11.1 Å². The fourth-order valence-corrected chi connectivity index (χ4v) is 2.76. The van der Waals surface area contributed by atoms with Gasteiger partial charge in [-0.2, -0.15) is 0 Å². The van der Waals surface area contributed by atoms with Crippen LogP contribution in [-0.2, 0) is 16.1 Å². The highest BCUT2D eigenvalue weighted by atomic mass is 79.9. The molecule has 126 valence electrons. The standard InChI is InChI=1S/C16H18BrN5O2/c17-13-3-1-12(2-4-13)10-22-8-6-19-16(22)20-14(23)11-21-7-5-18-9-15(21)24/h1-4,6,8,18H,5,7,9-11H2,(H,19,20,23). The van der Waals surface area contributed by atoms with Gasteiger partial charge in [0.15, 0.2) is 0 Å². The number of benzene rings is 1. The van der Waals surface area contributed by atoms with Gasteiger partial charge in [0.25, 0.3) is 0 Å². The Balaban J connectivity index is 1.61. The number of nitrogens with zero attached hydrogens (tertiary/aromatic N) is 3. The average Bonchev–Trinajstić information content (AvgIpc) is 2.98.